The third-order valence-electron chi connectivity index (χ3n) is 2.27. The van der Waals surface area contributed by atoms with Crippen LogP contribution in [-0.4, -0.2) is 11.3 Å². The maximum absolute atomic E-state index is 10.6. The smallest absolute Gasteiger partial charge is 0.168 e. The van der Waals surface area contributed by atoms with Gasteiger partial charge in [-0.15, -0.1) is 0 Å². The van der Waals surface area contributed by atoms with Gasteiger partial charge >= 0.3 is 0 Å². The van der Waals surface area contributed by atoms with Crippen LogP contribution in [0.1, 0.15) is 10.5 Å². The van der Waals surface area contributed by atoms with Crippen LogP contribution in [-0.2, 0) is 0 Å². The van der Waals surface area contributed by atoms with E-state index in [1.54, 1.807) is 18.2 Å². The number of hydrogen-bond donors (Lipinski definition) is 0. The minimum Gasteiger partial charge on any atom is -0.296 e. The third kappa shape index (κ3) is 2.62. The van der Waals surface area contributed by atoms with Crippen molar-refractivity contribution in [1.82, 2.24) is 4.98 Å². The third-order valence-corrected chi connectivity index (χ3v) is 3.58. The van der Waals surface area contributed by atoms with Crippen LogP contribution >= 0.6 is 46.4 Å². The standard InChI is InChI=1S/C12H5Cl4NO/c13-6-3-9(11(15)10(14)4-6)8-2-1-7(5-18)17-12(8)16/h1-5H. The Morgan fingerprint density at radius 3 is 2.33 bits per heavy atom. The van der Waals surface area contributed by atoms with Crippen molar-refractivity contribution in [3.8, 4) is 11.1 Å². The van der Waals surface area contributed by atoms with Crippen molar-refractivity contribution >= 4 is 52.7 Å². The van der Waals surface area contributed by atoms with Crippen molar-refractivity contribution in [2.45, 2.75) is 0 Å². The van der Waals surface area contributed by atoms with Crippen molar-refractivity contribution < 1.29 is 4.79 Å². The van der Waals surface area contributed by atoms with Gasteiger partial charge < -0.3 is 0 Å². The van der Waals surface area contributed by atoms with E-state index in [1.165, 1.54) is 6.07 Å². The van der Waals surface area contributed by atoms with Crippen molar-refractivity contribution in [2.24, 2.45) is 0 Å². The Bertz CT molecular complexity index is 628. The van der Waals surface area contributed by atoms with E-state index in [9.17, 15) is 4.79 Å². The molecule has 18 heavy (non-hydrogen) atoms. The Balaban J connectivity index is 2.65. The lowest BCUT2D eigenvalue weighted by Gasteiger charge is -2.08. The normalized spacial score (nSPS) is 10.4. The summed E-state index contributed by atoms with van der Waals surface area (Å²) in [4.78, 5) is 14.5. The summed E-state index contributed by atoms with van der Waals surface area (Å²) in [7, 11) is 0. The summed E-state index contributed by atoms with van der Waals surface area (Å²) >= 11 is 24.0. The zero-order chi connectivity index (χ0) is 13.3. The van der Waals surface area contributed by atoms with E-state index in [1.807, 2.05) is 0 Å². The molecule has 0 aliphatic heterocycles. The first-order chi connectivity index (χ1) is 8.52. The van der Waals surface area contributed by atoms with Crippen molar-refractivity contribution in [1.29, 1.82) is 0 Å². The first kappa shape index (κ1) is 13.6. The van der Waals surface area contributed by atoms with Crippen LogP contribution in [0.25, 0.3) is 11.1 Å². The molecule has 0 amide bonds. The maximum atomic E-state index is 10.6. The average Bonchev–Trinajstić information content (AvgIpc) is 2.34. The van der Waals surface area contributed by atoms with Crippen LogP contribution in [0.4, 0.5) is 0 Å². The molecular weight excluding hydrogens is 316 g/mol. The molecule has 0 fully saturated rings. The number of halogens is 4. The average molecular weight is 321 g/mol. The molecule has 1 aromatic heterocycles. The fourth-order valence-corrected chi connectivity index (χ4v) is 2.43. The lowest BCUT2D eigenvalue weighted by atomic mass is 10.1. The van der Waals surface area contributed by atoms with Gasteiger partial charge in [-0.05, 0) is 24.3 Å². The molecule has 0 spiro atoms. The number of rotatable bonds is 2. The number of nitrogens with zero attached hydrogens (tertiary/aromatic N) is 1. The molecular formula is C12H5Cl4NO. The minimum atomic E-state index is 0.167. The number of carbonyl (C=O) groups is 1. The number of pyridine rings is 1. The summed E-state index contributed by atoms with van der Waals surface area (Å²) in [5, 5.41) is 1.27. The SMILES string of the molecule is O=Cc1ccc(-c2cc(Cl)cc(Cl)c2Cl)c(Cl)n1. The largest absolute Gasteiger partial charge is 0.296 e. The number of carbonyl (C=O) groups excluding carboxylic acids is 1. The van der Waals surface area contributed by atoms with Crippen molar-refractivity contribution in [3.05, 3.63) is 50.2 Å². The quantitative estimate of drug-likeness (QED) is 0.434. The molecule has 0 aliphatic carbocycles. The Morgan fingerprint density at radius 1 is 1.00 bits per heavy atom. The molecule has 0 radical (unpaired) electrons. The van der Waals surface area contributed by atoms with Gasteiger partial charge in [0, 0.05) is 16.1 Å². The van der Waals surface area contributed by atoms with Crippen LogP contribution in [0.2, 0.25) is 20.2 Å². The van der Waals surface area contributed by atoms with Crippen LogP contribution in [0.3, 0.4) is 0 Å². The van der Waals surface area contributed by atoms with Crippen LogP contribution in [0.5, 0.6) is 0 Å². The lowest BCUT2D eigenvalue weighted by Crippen LogP contribution is -1.90. The summed E-state index contributed by atoms with van der Waals surface area (Å²) in [6.07, 6.45) is 0.613. The number of benzene rings is 1. The first-order valence-corrected chi connectivity index (χ1v) is 6.30. The van der Waals surface area contributed by atoms with E-state index >= 15 is 0 Å². The highest BCUT2D eigenvalue weighted by Gasteiger charge is 2.13. The summed E-state index contributed by atoms with van der Waals surface area (Å²) < 4.78 is 0. The van der Waals surface area contributed by atoms with Gasteiger partial charge in [0.05, 0.1) is 10.0 Å². The molecule has 1 aromatic carbocycles. The zero-order valence-electron chi connectivity index (χ0n) is 8.75. The molecule has 0 N–H and O–H groups in total. The van der Waals surface area contributed by atoms with Gasteiger partial charge in [-0.3, -0.25) is 4.79 Å². The summed E-state index contributed by atoms with van der Waals surface area (Å²) in [6, 6.07) is 6.36. The second-order valence-electron chi connectivity index (χ2n) is 3.44. The summed E-state index contributed by atoms with van der Waals surface area (Å²) in [6.45, 7) is 0. The molecule has 1 heterocycles. The number of aromatic nitrogens is 1. The van der Waals surface area contributed by atoms with Gasteiger partial charge in [0.2, 0.25) is 0 Å². The van der Waals surface area contributed by atoms with Crippen molar-refractivity contribution in [3.63, 3.8) is 0 Å². The fourth-order valence-electron chi connectivity index (χ4n) is 1.47. The topological polar surface area (TPSA) is 30.0 Å². The minimum absolute atomic E-state index is 0.167. The molecule has 0 aliphatic rings. The Kier molecular flexibility index (Phi) is 4.13. The molecule has 0 saturated carbocycles. The zero-order valence-corrected chi connectivity index (χ0v) is 11.8. The van der Waals surface area contributed by atoms with Crippen LogP contribution in [0, 0.1) is 0 Å². The van der Waals surface area contributed by atoms with Crippen molar-refractivity contribution in [2.75, 3.05) is 0 Å². The van der Waals surface area contributed by atoms with Gasteiger partial charge in [0.1, 0.15) is 10.8 Å². The first-order valence-electron chi connectivity index (χ1n) is 4.79. The molecule has 6 heteroatoms. The maximum Gasteiger partial charge on any atom is 0.168 e. The number of aldehydes is 1. The van der Waals surface area contributed by atoms with Gasteiger partial charge in [-0.1, -0.05) is 46.4 Å². The molecule has 92 valence electrons. The van der Waals surface area contributed by atoms with Crippen LogP contribution in [0.15, 0.2) is 24.3 Å². The fraction of sp³-hybridized carbons (Fsp3) is 0. The number of hydrogen-bond acceptors (Lipinski definition) is 2. The second-order valence-corrected chi connectivity index (χ2v) is 5.02. The molecule has 0 bridgehead atoms. The Morgan fingerprint density at radius 2 is 1.72 bits per heavy atom. The van der Waals surface area contributed by atoms with Gasteiger partial charge in [0.15, 0.2) is 6.29 Å². The van der Waals surface area contributed by atoms with Gasteiger partial charge in [0.25, 0.3) is 0 Å². The molecule has 0 atom stereocenters. The van der Waals surface area contributed by atoms with E-state index in [2.05, 4.69) is 4.98 Å². The molecule has 0 saturated heterocycles. The highest BCUT2D eigenvalue weighted by Crippen LogP contribution is 2.38. The van der Waals surface area contributed by atoms with E-state index in [4.69, 9.17) is 46.4 Å². The highest BCUT2D eigenvalue weighted by atomic mass is 35.5. The monoisotopic (exact) mass is 319 g/mol. The van der Waals surface area contributed by atoms with E-state index in [0.29, 0.717) is 32.5 Å². The molecule has 2 aromatic rings. The van der Waals surface area contributed by atoms with E-state index < -0.39 is 0 Å². The van der Waals surface area contributed by atoms with Gasteiger partial charge in [-0.25, -0.2) is 4.98 Å². The van der Waals surface area contributed by atoms with E-state index in [-0.39, 0.29) is 10.8 Å². The highest BCUT2D eigenvalue weighted by molar-refractivity contribution is 6.45. The lowest BCUT2D eigenvalue weighted by molar-refractivity contribution is 0.111. The Hall–Kier alpha value is -0.800. The van der Waals surface area contributed by atoms with E-state index in [0.717, 1.165) is 0 Å². The predicted octanol–water partition coefficient (Wildman–Crippen LogP) is 5.17. The molecule has 2 nitrogen and oxygen atoms in total. The second kappa shape index (κ2) is 5.45. The summed E-state index contributed by atoms with van der Waals surface area (Å²) in [5.41, 5.74) is 1.38. The Labute approximate surface area is 123 Å². The predicted molar refractivity (Wildman–Crippen MR) is 75.1 cm³/mol. The van der Waals surface area contributed by atoms with Crippen LogP contribution < -0.4 is 0 Å². The molecule has 2 rings (SSSR count). The van der Waals surface area contributed by atoms with Gasteiger partial charge in [-0.2, -0.15) is 0 Å². The summed E-state index contributed by atoms with van der Waals surface area (Å²) in [5.74, 6) is 0. The molecule has 0 unspecified atom stereocenters.